The van der Waals surface area contributed by atoms with Gasteiger partial charge in [0.2, 0.25) is 5.91 Å². The molecule has 0 unspecified atom stereocenters. The molecule has 2 N–H and O–H groups in total. The molecule has 0 aliphatic carbocycles. The van der Waals surface area contributed by atoms with E-state index in [2.05, 4.69) is 25.2 Å². The van der Waals surface area contributed by atoms with Gasteiger partial charge < -0.3 is 15.2 Å². The number of anilines is 1. The summed E-state index contributed by atoms with van der Waals surface area (Å²) >= 11 is 0. The number of carbonyl (C=O) groups excluding carboxylic acids is 1. The van der Waals surface area contributed by atoms with Crippen molar-refractivity contribution in [3.8, 4) is 0 Å². The Kier molecular flexibility index (Phi) is 6.21. The van der Waals surface area contributed by atoms with E-state index in [0.717, 1.165) is 31.7 Å². The van der Waals surface area contributed by atoms with Gasteiger partial charge in [0.25, 0.3) is 5.56 Å². The van der Waals surface area contributed by atoms with Crippen LogP contribution in [0.3, 0.4) is 0 Å². The third-order valence-corrected chi connectivity index (χ3v) is 5.02. The molecule has 3 heterocycles. The number of piperidine rings is 1. The second kappa shape index (κ2) is 8.79. The van der Waals surface area contributed by atoms with Crippen molar-refractivity contribution in [1.82, 2.24) is 20.3 Å². The summed E-state index contributed by atoms with van der Waals surface area (Å²) in [5.74, 6) is 1.88. The van der Waals surface area contributed by atoms with E-state index >= 15 is 0 Å². The van der Waals surface area contributed by atoms with Crippen LogP contribution in [0.5, 0.6) is 0 Å². The predicted molar refractivity (Wildman–Crippen MR) is 105 cm³/mol. The molecule has 1 atom stereocenters. The van der Waals surface area contributed by atoms with Crippen molar-refractivity contribution < 1.29 is 4.79 Å². The maximum Gasteiger partial charge on any atom is 0.254 e. The monoisotopic (exact) mass is 369 g/mol. The molecule has 1 aliphatic heterocycles. The lowest BCUT2D eigenvalue weighted by Gasteiger charge is -2.33. The Morgan fingerprint density at radius 2 is 2.26 bits per heavy atom. The first kappa shape index (κ1) is 19.1. The van der Waals surface area contributed by atoms with E-state index in [-0.39, 0.29) is 17.9 Å². The van der Waals surface area contributed by atoms with Crippen LogP contribution >= 0.6 is 0 Å². The van der Waals surface area contributed by atoms with Crippen LogP contribution in [0.1, 0.15) is 36.8 Å². The zero-order chi connectivity index (χ0) is 19.2. The highest BCUT2D eigenvalue weighted by molar-refractivity contribution is 5.78. The fraction of sp³-hybridized carbons (Fsp3) is 0.500. The molecular weight excluding hydrogens is 342 g/mol. The standard InChI is InChI=1S/C20H27N5O2/c1-3-17-23-14(2)16(20(27)24-17)11-19(26)22-12-15-7-6-10-25(13-15)18-8-4-5-9-21-18/h4-5,8-9,15H,3,6-7,10-13H2,1-2H3,(H,22,26)(H,23,24,27)/t15-/m0/s1. The lowest BCUT2D eigenvalue weighted by molar-refractivity contribution is -0.120. The van der Waals surface area contributed by atoms with Gasteiger partial charge in [0, 0.05) is 43.5 Å². The Bertz CT molecular complexity index is 834. The first-order chi connectivity index (χ1) is 13.1. The third kappa shape index (κ3) is 4.93. The van der Waals surface area contributed by atoms with Gasteiger partial charge in [-0.25, -0.2) is 9.97 Å². The van der Waals surface area contributed by atoms with Gasteiger partial charge in [-0.2, -0.15) is 0 Å². The van der Waals surface area contributed by atoms with Gasteiger partial charge in [0.05, 0.1) is 6.42 Å². The minimum absolute atomic E-state index is 0.0643. The highest BCUT2D eigenvalue weighted by Gasteiger charge is 2.21. The molecule has 2 aromatic rings. The molecule has 0 aromatic carbocycles. The molecule has 7 nitrogen and oxygen atoms in total. The van der Waals surface area contributed by atoms with Crippen LogP contribution in [0.4, 0.5) is 5.82 Å². The van der Waals surface area contributed by atoms with Gasteiger partial charge in [-0.15, -0.1) is 0 Å². The number of amides is 1. The van der Waals surface area contributed by atoms with Crippen molar-refractivity contribution in [3.05, 3.63) is 51.8 Å². The summed E-state index contributed by atoms with van der Waals surface area (Å²) < 4.78 is 0. The van der Waals surface area contributed by atoms with E-state index in [1.165, 1.54) is 0 Å². The van der Waals surface area contributed by atoms with Crippen molar-refractivity contribution in [2.75, 3.05) is 24.5 Å². The predicted octanol–water partition coefficient (Wildman–Crippen LogP) is 1.61. The number of pyridine rings is 1. The number of H-pyrrole nitrogens is 1. The number of hydrogen-bond donors (Lipinski definition) is 2. The number of nitrogens with zero attached hydrogens (tertiary/aromatic N) is 3. The molecule has 1 fully saturated rings. The van der Waals surface area contributed by atoms with Gasteiger partial charge in [-0.3, -0.25) is 9.59 Å². The zero-order valence-corrected chi connectivity index (χ0v) is 16.0. The molecular formula is C20H27N5O2. The zero-order valence-electron chi connectivity index (χ0n) is 16.0. The van der Waals surface area contributed by atoms with Crippen molar-refractivity contribution in [1.29, 1.82) is 0 Å². The van der Waals surface area contributed by atoms with Crippen LogP contribution in [0.15, 0.2) is 29.2 Å². The molecule has 0 spiro atoms. The Morgan fingerprint density at radius 1 is 1.41 bits per heavy atom. The number of carbonyl (C=O) groups is 1. The quantitative estimate of drug-likeness (QED) is 0.807. The summed E-state index contributed by atoms with van der Waals surface area (Å²) in [6.07, 6.45) is 4.69. The fourth-order valence-corrected chi connectivity index (χ4v) is 3.51. The van der Waals surface area contributed by atoms with Crippen molar-refractivity contribution in [2.45, 2.75) is 39.5 Å². The van der Waals surface area contributed by atoms with Gasteiger partial charge in [0.15, 0.2) is 0 Å². The summed E-state index contributed by atoms with van der Waals surface area (Å²) in [7, 11) is 0. The van der Waals surface area contributed by atoms with Crippen LogP contribution in [-0.4, -0.2) is 40.5 Å². The minimum Gasteiger partial charge on any atom is -0.356 e. The maximum absolute atomic E-state index is 12.3. The van der Waals surface area contributed by atoms with Crippen LogP contribution < -0.4 is 15.8 Å². The molecule has 2 aromatic heterocycles. The lowest BCUT2D eigenvalue weighted by atomic mass is 9.98. The topological polar surface area (TPSA) is 91.0 Å². The largest absolute Gasteiger partial charge is 0.356 e. The molecule has 1 amide bonds. The SMILES string of the molecule is CCc1nc(C)c(CC(=O)NC[C@@H]2CCCN(c3ccccn3)C2)c(=O)[nH]1. The number of hydrogen-bond acceptors (Lipinski definition) is 5. The van der Waals surface area contributed by atoms with Gasteiger partial charge in [-0.1, -0.05) is 13.0 Å². The van der Waals surface area contributed by atoms with Crippen LogP contribution in [0.2, 0.25) is 0 Å². The first-order valence-electron chi connectivity index (χ1n) is 9.58. The molecule has 1 saturated heterocycles. The Labute approximate surface area is 159 Å². The number of rotatable bonds is 6. The van der Waals surface area contributed by atoms with E-state index in [1.807, 2.05) is 25.1 Å². The molecule has 144 valence electrons. The van der Waals surface area contributed by atoms with Crippen molar-refractivity contribution >= 4 is 11.7 Å². The third-order valence-electron chi connectivity index (χ3n) is 5.02. The molecule has 0 radical (unpaired) electrons. The second-order valence-electron chi connectivity index (χ2n) is 7.05. The van der Waals surface area contributed by atoms with E-state index in [1.54, 1.807) is 13.1 Å². The molecule has 0 saturated carbocycles. The molecule has 1 aliphatic rings. The summed E-state index contributed by atoms with van der Waals surface area (Å²) in [5, 5.41) is 2.99. The summed E-state index contributed by atoms with van der Waals surface area (Å²) in [6.45, 7) is 6.19. The normalized spacial score (nSPS) is 17.0. The summed E-state index contributed by atoms with van der Waals surface area (Å²) in [6, 6.07) is 5.92. The van der Waals surface area contributed by atoms with E-state index in [4.69, 9.17) is 0 Å². The lowest BCUT2D eigenvalue weighted by Crippen LogP contribution is -2.41. The fourth-order valence-electron chi connectivity index (χ4n) is 3.51. The number of aromatic amines is 1. The summed E-state index contributed by atoms with van der Waals surface area (Å²) in [4.78, 5) is 38.3. The molecule has 3 rings (SSSR count). The molecule has 7 heteroatoms. The van der Waals surface area contributed by atoms with E-state index < -0.39 is 0 Å². The second-order valence-corrected chi connectivity index (χ2v) is 7.05. The average molecular weight is 369 g/mol. The van der Waals surface area contributed by atoms with Gasteiger partial charge in [0.1, 0.15) is 11.6 Å². The van der Waals surface area contributed by atoms with Crippen LogP contribution in [-0.2, 0) is 17.6 Å². The van der Waals surface area contributed by atoms with Crippen molar-refractivity contribution in [2.24, 2.45) is 5.92 Å². The summed E-state index contributed by atoms with van der Waals surface area (Å²) in [5.41, 5.74) is 0.863. The minimum atomic E-state index is -0.214. The van der Waals surface area contributed by atoms with Gasteiger partial charge in [-0.05, 0) is 37.8 Å². The molecule has 27 heavy (non-hydrogen) atoms. The first-order valence-corrected chi connectivity index (χ1v) is 9.58. The van der Waals surface area contributed by atoms with Gasteiger partial charge >= 0.3 is 0 Å². The highest BCUT2D eigenvalue weighted by Crippen LogP contribution is 2.20. The average Bonchev–Trinajstić information content (AvgIpc) is 2.70. The van der Waals surface area contributed by atoms with Crippen LogP contribution in [0, 0.1) is 12.8 Å². The van der Waals surface area contributed by atoms with Crippen LogP contribution in [0.25, 0.3) is 0 Å². The van der Waals surface area contributed by atoms with E-state index in [0.29, 0.717) is 36.0 Å². The Balaban J connectivity index is 1.54. The maximum atomic E-state index is 12.3. The van der Waals surface area contributed by atoms with Crippen molar-refractivity contribution in [3.63, 3.8) is 0 Å². The molecule has 0 bridgehead atoms. The smallest absolute Gasteiger partial charge is 0.254 e. The number of aryl methyl sites for hydroxylation is 2. The Morgan fingerprint density at radius 3 is 2.96 bits per heavy atom. The number of nitrogens with one attached hydrogen (secondary N) is 2. The Hall–Kier alpha value is -2.70. The van der Waals surface area contributed by atoms with E-state index in [9.17, 15) is 9.59 Å². The number of aromatic nitrogens is 3. The highest BCUT2D eigenvalue weighted by atomic mass is 16.2.